The van der Waals surface area contributed by atoms with Crippen LogP contribution in [0.15, 0.2) is 48.5 Å². The van der Waals surface area contributed by atoms with Crippen LogP contribution in [-0.2, 0) is 24.1 Å². The summed E-state index contributed by atoms with van der Waals surface area (Å²) >= 11 is 0. The summed E-state index contributed by atoms with van der Waals surface area (Å²) in [5.41, 5.74) is 1.10. The topological polar surface area (TPSA) is 78.5 Å². The van der Waals surface area contributed by atoms with Crippen molar-refractivity contribution in [3.8, 4) is 5.75 Å². The van der Waals surface area contributed by atoms with Crippen LogP contribution in [0.2, 0.25) is 0 Å². The van der Waals surface area contributed by atoms with Crippen molar-refractivity contribution in [1.82, 2.24) is 20.0 Å². The molecule has 176 valence electrons. The van der Waals surface area contributed by atoms with Gasteiger partial charge in [0.05, 0.1) is 7.11 Å². The maximum atomic E-state index is 13.7. The number of carbonyl (C=O) groups excluding carboxylic acids is 2. The first kappa shape index (κ1) is 22.0. The Morgan fingerprint density at radius 3 is 2.35 bits per heavy atom. The quantitative estimate of drug-likeness (QED) is 0.633. The van der Waals surface area contributed by atoms with Crippen LogP contribution >= 0.6 is 0 Å². The van der Waals surface area contributed by atoms with Gasteiger partial charge in [-0.15, -0.1) is 0 Å². The lowest BCUT2D eigenvalue weighted by molar-refractivity contribution is -0.142. The van der Waals surface area contributed by atoms with Gasteiger partial charge >= 0.3 is 6.18 Å². The molecule has 0 aliphatic carbocycles. The molecule has 3 aromatic rings. The minimum absolute atomic E-state index is 0.0761. The molecule has 0 spiro atoms. The SMILES string of the molecule is COc1ccc(C2CN(CC(=O)N3Cc4ccccc4C3)C(=O)c3n[nH]c(C(F)(F)F)c32)cc1. The molecule has 34 heavy (non-hydrogen) atoms. The average Bonchev–Trinajstić information content (AvgIpc) is 3.46. The molecule has 10 heteroatoms. The van der Waals surface area contributed by atoms with Gasteiger partial charge in [-0.2, -0.15) is 18.3 Å². The highest BCUT2D eigenvalue weighted by Crippen LogP contribution is 2.41. The molecule has 5 rings (SSSR count). The van der Waals surface area contributed by atoms with Crippen molar-refractivity contribution in [2.45, 2.75) is 25.2 Å². The number of hydrogen-bond acceptors (Lipinski definition) is 4. The highest BCUT2D eigenvalue weighted by Gasteiger charge is 2.45. The molecule has 2 aromatic carbocycles. The van der Waals surface area contributed by atoms with E-state index in [0.717, 1.165) is 11.1 Å². The Labute approximate surface area is 193 Å². The minimum Gasteiger partial charge on any atom is -0.497 e. The van der Waals surface area contributed by atoms with Crippen LogP contribution in [0.1, 0.15) is 44.4 Å². The van der Waals surface area contributed by atoms with Gasteiger partial charge in [-0.1, -0.05) is 36.4 Å². The first-order valence-electron chi connectivity index (χ1n) is 10.7. The summed E-state index contributed by atoms with van der Waals surface area (Å²) in [4.78, 5) is 29.0. The van der Waals surface area contributed by atoms with Gasteiger partial charge in [-0.05, 0) is 28.8 Å². The van der Waals surface area contributed by atoms with Crippen LogP contribution in [0.5, 0.6) is 5.75 Å². The van der Waals surface area contributed by atoms with Gasteiger partial charge < -0.3 is 14.5 Å². The van der Waals surface area contributed by atoms with E-state index in [1.807, 2.05) is 29.4 Å². The Kier molecular flexibility index (Phi) is 5.30. The van der Waals surface area contributed by atoms with Crippen molar-refractivity contribution in [3.63, 3.8) is 0 Å². The molecule has 0 saturated heterocycles. The molecular formula is C24H21F3N4O3. The number of H-pyrrole nitrogens is 1. The molecule has 2 aliphatic heterocycles. The predicted molar refractivity (Wildman–Crippen MR) is 115 cm³/mol. The number of rotatable bonds is 4. The van der Waals surface area contributed by atoms with Crippen LogP contribution in [-0.4, -0.2) is 52.0 Å². The maximum absolute atomic E-state index is 13.7. The largest absolute Gasteiger partial charge is 0.497 e. The fourth-order valence-corrected chi connectivity index (χ4v) is 4.63. The Hall–Kier alpha value is -3.82. The molecule has 1 N–H and O–H groups in total. The van der Waals surface area contributed by atoms with E-state index in [2.05, 4.69) is 5.10 Å². The zero-order valence-corrected chi connectivity index (χ0v) is 18.2. The molecule has 3 heterocycles. The van der Waals surface area contributed by atoms with Gasteiger partial charge in [0.15, 0.2) is 5.69 Å². The first-order chi connectivity index (χ1) is 16.3. The number of halogens is 3. The Bertz CT molecular complexity index is 1230. The van der Waals surface area contributed by atoms with Crippen LogP contribution in [0.25, 0.3) is 0 Å². The lowest BCUT2D eigenvalue weighted by Crippen LogP contribution is -2.46. The summed E-state index contributed by atoms with van der Waals surface area (Å²) in [5.74, 6) is -1.22. The third-order valence-electron chi connectivity index (χ3n) is 6.37. The predicted octanol–water partition coefficient (Wildman–Crippen LogP) is 3.57. The average molecular weight is 470 g/mol. The van der Waals surface area contributed by atoms with Crippen molar-refractivity contribution in [1.29, 1.82) is 0 Å². The number of carbonyl (C=O) groups is 2. The summed E-state index contributed by atoms with van der Waals surface area (Å²) < 4.78 is 46.3. The van der Waals surface area contributed by atoms with Crippen LogP contribution < -0.4 is 4.74 Å². The van der Waals surface area contributed by atoms with E-state index in [-0.39, 0.29) is 30.3 Å². The van der Waals surface area contributed by atoms with Crippen LogP contribution in [0.3, 0.4) is 0 Å². The number of fused-ring (bicyclic) bond motifs is 2. The number of methoxy groups -OCH3 is 1. The normalized spacial score (nSPS) is 17.5. The van der Waals surface area contributed by atoms with Crippen molar-refractivity contribution in [2.75, 3.05) is 20.2 Å². The molecule has 2 amide bonds. The first-order valence-corrected chi connectivity index (χ1v) is 10.7. The third kappa shape index (κ3) is 3.78. The number of aromatic nitrogens is 2. The second kappa shape index (κ2) is 8.19. The maximum Gasteiger partial charge on any atom is 0.433 e. The van der Waals surface area contributed by atoms with Gasteiger partial charge in [0, 0.05) is 31.1 Å². The Balaban J connectivity index is 1.45. The summed E-state index contributed by atoms with van der Waals surface area (Å²) in [7, 11) is 1.49. The van der Waals surface area contributed by atoms with E-state index in [9.17, 15) is 22.8 Å². The summed E-state index contributed by atoms with van der Waals surface area (Å²) in [5, 5.41) is 5.72. The molecular weight excluding hydrogens is 449 g/mol. The van der Waals surface area contributed by atoms with E-state index >= 15 is 0 Å². The van der Waals surface area contributed by atoms with E-state index in [1.165, 1.54) is 12.0 Å². The van der Waals surface area contributed by atoms with E-state index in [0.29, 0.717) is 24.4 Å². The van der Waals surface area contributed by atoms with Gasteiger partial charge in [0.1, 0.15) is 18.0 Å². The standard InChI is InChI=1S/C24H21F3N4O3/c1-34-17-8-6-14(7-9-17)18-12-31(23(33)21-20(18)22(29-28-21)24(25,26)27)13-19(32)30-10-15-4-2-3-5-16(15)11-30/h2-9,18H,10-13H2,1H3,(H,28,29). The Morgan fingerprint density at radius 1 is 1.12 bits per heavy atom. The smallest absolute Gasteiger partial charge is 0.433 e. The zero-order chi connectivity index (χ0) is 24.0. The number of benzene rings is 2. The fourth-order valence-electron chi connectivity index (χ4n) is 4.63. The van der Waals surface area contributed by atoms with Crippen molar-refractivity contribution < 1.29 is 27.5 Å². The lowest BCUT2D eigenvalue weighted by atomic mass is 9.85. The second-order valence-corrected chi connectivity index (χ2v) is 8.39. The molecule has 7 nitrogen and oxygen atoms in total. The number of nitrogens with zero attached hydrogens (tertiary/aromatic N) is 3. The summed E-state index contributed by atoms with van der Waals surface area (Å²) in [6, 6.07) is 14.3. The molecule has 0 saturated carbocycles. The molecule has 0 bridgehead atoms. The number of ether oxygens (including phenoxy) is 1. The number of nitrogens with one attached hydrogen (secondary N) is 1. The third-order valence-corrected chi connectivity index (χ3v) is 6.37. The van der Waals surface area contributed by atoms with Gasteiger partial charge in [0.25, 0.3) is 5.91 Å². The van der Waals surface area contributed by atoms with Crippen molar-refractivity contribution in [2.24, 2.45) is 0 Å². The van der Waals surface area contributed by atoms with E-state index in [4.69, 9.17) is 4.74 Å². The lowest BCUT2D eigenvalue weighted by Gasteiger charge is -2.33. The van der Waals surface area contributed by atoms with Gasteiger partial charge in [0.2, 0.25) is 5.91 Å². The molecule has 1 aromatic heterocycles. The Morgan fingerprint density at radius 2 is 1.76 bits per heavy atom. The number of aromatic amines is 1. The van der Waals surface area contributed by atoms with Crippen LogP contribution in [0, 0.1) is 0 Å². The molecule has 1 unspecified atom stereocenters. The van der Waals surface area contributed by atoms with Crippen molar-refractivity contribution in [3.05, 3.63) is 82.2 Å². The summed E-state index contributed by atoms with van der Waals surface area (Å²) in [6.45, 7) is 0.552. The highest BCUT2D eigenvalue weighted by molar-refractivity contribution is 5.98. The molecule has 0 radical (unpaired) electrons. The molecule has 2 aliphatic rings. The minimum atomic E-state index is -4.70. The number of amides is 2. The molecule has 1 atom stereocenters. The monoisotopic (exact) mass is 470 g/mol. The van der Waals surface area contributed by atoms with E-state index in [1.54, 1.807) is 29.2 Å². The van der Waals surface area contributed by atoms with Crippen LogP contribution in [0.4, 0.5) is 13.2 Å². The fraction of sp³-hybridized carbons (Fsp3) is 0.292. The summed E-state index contributed by atoms with van der Waals surface area (Å²) in [6.07, 6.45) is -4.70. The zero-order valence-electron chi connectivity index (χ0n) is 18.2. The molecule has 0 fully saturated rings. The van der Waals surface area contributed by atoms with Gasteiger partial charge in [-0.25, -0.2) is 0 Å². The number of hydrogen-bond donors (Lipinski definition) is 1. The van der Waals surface area contributed by atoms with E-state index < -0.39 is 23.7 Å². The number of alkyl halides is 3. The highest BCUT2D eigenvalue weighted by atomic mass is 19.4. The second-order valence-electron chi connectivity index (χ2n) is 8.39. The van der Waals surface area contributed by atoms with Gasteiger partial charge in [-0.3, -0.25) is 14.7 Å². The van der Waals surface area contributed by atoms with Crippen molar-refractivity contribution >= 4 is 11.8 Å².